The SMILES string of the molecule is C[C@@H](O)[C@H](NC(=O)Cn1cncn1)C(=O)O. The van der Waals surface area contributed by atoms with Gasteiger partial charge >= 0.3 is 5.97 Å². The minimum Gasteiger partial charge on any atom is -0.480 e. The molecule has 0 aromatic carbocycles. The van der Waals surface area contributed by atoms with Crippen molar-refractivity contribution >= 4 is 11.9 Å². The second-order valence-electron chi connectivity index (χ2n) is 3.22. The number of hydrogen-bond donors (Lipinski definition) is 3. The third-order valence-corrected chi connectivity index (χ3v) is 1.84. The first-order valence-electron chi connectivity index (χ1n) is 4.53. The van der Waals surface area contributed by atoms with Crippen LogP contribution in [0.1, 0.15) is 6.92 Å². The predicted molar refractivity (Wildman–Crippen MR) is 51.3 cm³/mol. The largest absolute Gasteiger partial charge is 0.480 e. The van der Waals surface area contributed by atoms with Gasteiger partial charge in [-0.3, -0.25) is 4.79 Å². The van der Waals surface area contributed by atoms with Gasteiger partial charge < -0.3 is 15.5 Å². The number of rotatable bonds is 5. The molecule has 0 saturated heterocycles. The van der Waals surface area contributed by atoms with Gasteiger partial charge in [0.05, 0.1) is 6.10 Å². The van der Waals surface area contributed by atoms with E-state index in [2.05, 4.69) is 15.4 Å². The summed E-state index contributed by atoms with van der Waals surface area (Å²) >= 11 is 0. The van der Waals surface area contributed by atoms with Gasteiger partial charge in [-0.2, -0.15) is 5.10 Å². The standard InChI is InChI=1S/C8H12N4O4/c1-5(13)7(8(15)16)11-6(14)2-12-4-9-3-10-12/h3-5,7,13H,2H2,1H3,(H,11,14)(H,15,16)/t5-,7+/m1/s1. The van der Waals surface area contributed by atoms with Crippen molar-refractivity contribution in [2.75, 3.05) is 0 Å². The molecule has 0 aliphatic rings. The number of carboxylic acid groups (broad SMARTS) is 1. The van der Waals surface area contributed by atoms with Crippen LogP contribution in [-0.2, 0) is 16.1 Å². The lowest BCUT2D eigenvalue weighted by Gasteiger charge is -2.16. The molecule has 0 fully saturated rings. The maximum atomic E-state index is 11.4. The van der Waals surface area contributed by atoms with Crippen molar-refractivity contribution in [3.63, 3.8) is 0 Å². The van der Waals surface area contributed by atoms with Gasteiger partial charge in [0.2, 0.25) is 5.91 Å². The lowest BCUT2D eigenvalue weighted by atomic mass is 10.2. The summed E-state index contributed by atoms with van der Waals surface area (Å²) in [7, 11) is 0. The van der Waals surface area contributed by atoms with E-state index < -0.39 is 24.0 Å². The van der Waals surface area contributed by atoms with E-state index in [1.807, 2.05) is 0 Å². The number of amides is 1. The molecule has 0 aliphatic heterocycles. The van der Waals surface area contributed by atoms with E-state index in [-0.39, 0.29) is 6.54 Å². The molecule has 1 aromatic rings. The molecular weight excluding hydrogens is 216 g/mol. The van der Waals surface area contributed by atoms with Crippen LogP contribution in [-0.4, -0.2) is 49.0 Å². The highest BCUT2D eigenvalue weighted by molar-refractivity contribution is 5.83. The van der Waals surface area contributed by atoms with Crippen LogP contribution in [0.15, 0.2) is 12.7 Å². The molecule has 1 amide bonds. The highest BCUT2D eigenvalue weighted by atomic mass is 16.4. The topological polar surface area (TPSA) is 117 Å². The molecular formula is C8H12N4O4. The minimum absolute atomic E-state index is 0.142. The maximum Gasteiger partial charge on any atom is 0.328 e. The monoisotopic (exact) mass is 228 g/mol. The molecule has 2 atom stereocenters. The summed E-state index contributed by atoms with van der Waals surface area (Å²) in [6.07, 6.45) is 1.42. The molecule has 0 saturated carbocycles. The van der Waals surface area contributed by atoms with Crippen molar-refractivity contribution in [3.05, 3.63) is 12.7 Å². The van der Waals surface area contributed by atoms with Gasteiger partial charge in [-0.25, -0.2) is 14.5 Å². The van der Waals surface area contributed by atoms with Crippen LogP contribution in [0.3, 0.4) is 0 Å². The average Bonchev–Trinajstić information content (AvgIpc) is 2.65. The summed E-state index contributed by atoms with van der Waals surface area (Å²) in [4.78, 5) is 25.7. The molecule has 0 spiro atoms. The van der Waals surface area contributed by atoms with E-state index in [9.17, 15) is 9.59 Å². The van der Waals surface area contributed by atoms with Crippen molar-refractivity contribution in [3.8, 4) is 0 Å². The lowest BCUT2D eigenvalue weighted by molar-refractivity contribution is -0.144. The van der Waals surface area contributed by atoms with Gasteiger partial charge in [-0.1, -0.05) is 0 Å². The Morgan fingerprint density at radius 1 is 1.56 bits per heavy atom. The van der Waals surface area contributed by atoms with Crippen LogP contribution in [0.4, 0.5) is 0 Å². The number of hydrogen-bond acceptors (Lipinski definition) is 5. The normalized spacial score (nSPS) is 14.1. The van der Waals surface area contributed by atoms with Gasteiger partial charge in [0.15, 0.2) is 6.04 Å². The molecule has 1 aromatic heterocycles. The Balaban J connectivity index is 2.52. The Kier molecular flexibility index (Phi) is 3.95. The quantitative estimate of drug-likeness (QED) is 0.549. The number of carboxylic acids is 1. The Morgan fingerprint density at radius 3 is 2.69 bits per heavy atom. The molecule has 1 heterocycles. The number of nitrogens with one attached hydrogen (secondary N) is 1. The Hall–Kier alpha value is -1.96. The van der Waals surface area contributed by atoms with E-state index in [0.717, 1.165) is 0 Å². The zero-order valence-corrected chi connectivity index (χ0v) is 8.57. The average molecular weight is 228 g/mol. The zero-order valence-electron chi connectivity index (χ0n) is 8.57. The third kappa shape index (κ3) is 3.31. The number of nitrogens with zero attached hydrogens (tertiary/aromatic N) is 3. The second-order valence-corrected chi connectivity index (χ2v) is 3.22. The molecule has 16 heavy (non-hydrogen) atoms. The molecule has 0 unspecified atom stereocenters. The van der Waals surface area contributed by atoms with E-state index in [1.54, 1.807) is 0 Å². The number of aromatic nitrogens is 3. The van der Waals surface area contributed by atoms with Gasteiger partial charge in [0.1, 0.15) is 19.2 Å². The minimum atomic E-state index is -1.32. The van der Waals surface area contributed by atoms with Crippen molar-refractivity contribution in [2.45, 2.75) is 25.6 Å². The summed E-state index contributed by atoms with van der Waals surface area (Å²) in [5.41, 5.74) is 0. The number of aliphatic hydroxyl groups is 1. The second kappa shape index (κ2) is 5.21. The van der Waals surface area contributed by atoms with Crippen molar-refractivity contribution in [1.82, 2.24) is 20.1 Å². The number of carbonyl (C=O) groups is 2. The Morgan fingerprint density at radius 2 is 2.25 bits per heavy atom. The predicted octanol–water partition coefficient (Wildman–Crippen LogP) is -1.77. The van der Waals surface area contributed by atoms with Crippen LogP contribution in [0.5, 0.6) is 0 Å². The van der Waals surface area contributed by atoms with E-state index in [4.69, 9.17) is 10.2 Å². The molecule has 8 nitrogen and oxygen atoms in total. The molecule has 0 bridgehead atoms. The first-order valence-corrected chi connectivity index (χ1v) is 4.53. The summed E-state index contributed by atoms with van der Waals surface area (Å²) in [5.74, 6) is -1.85. The summed E-state index contributed by atoms with van der Waals surface area (Å²) in [6.45, 7) is 1.14. The van der Waals surface area contributed by atoms with Gasteiger partial charge in [0, 0.05) is 0 Å². The number of aliphatic hydroxyl groups excluding tert-OH is 1. The molecule has 0 aliphatic carbocycles. The molecule has 8 heteroatoms. The summed E-state index contributed by atoms with van der Waals surface area (Å²) < 4.78 is 1.25. The fraction of sp³-hybridized carbons (Fsp3) is 0.500. The van der Waals surface area contributed by atoms with Crippen LogP contribution in [0.25, 0.3) is 0 Å². The van der Waals surface area contributed by atoms with Crippen LogP contribution >= 0.6 is 0 Å². The summed E-state index contributed by atoms with van der Waals surface area (Å²) in [5, 5.41) is 23.7. The van der Waals surface area contributed by atoms with Gasteiger partial charge in [-0.05, 0) is 6.92 Å². The van der Waals surface area contributed by atoms with Gasteiger partial charge in [-0.15, -0.1) is 0 Å². The smallest absolute Gasteiger partial charge is 0.328 e. The van der Waals surface area contributed by atoms with E-state index >= 15 is 0 Å². The van der Waals surface area contributed by atoms with Crippen molar-refractivity contribution in [1.29, 1.82) is 0 Å². The fourth-order valence-electron chi connectivity index (χ4n) is 1.07. The van der Waals surface area contributed by atoms with E-state index in [1.165, 1.54) is 24.3 Å². The molecule has 0 radical (unpaired) electrons. The number of aliphatic carboxylic acids is 1. The number of carbonyl (C=O) groups excluding carboxylic acids is 1. The third-order valence-electron chi connectivity index (χ3n) is 1.84. The Labute approximate surface area is 90.9 Å². The highest BCUT2D eigenvalue weighted by Crippen LogP contribution is 1.93. The van der Waals surface area contributed by atoms with Crippen LogP contribution in [0, 0.1) is 0 Å². The van der Waals surface area contributed by atoms with Crippen LogP contribution in [0.2, 0.25) is 0 Å². The first kappa shape index (κ1) is 12.1. The molecule has 3 N–H and O–H groups in total. The zero-order chi connectivity index (χ0) is 12.1. The molecule has 88 valence electrons. The highest BCUT2D eigenvalue weighted by Gasteiger charge is 2.24. The Bertz CT molecular complexity index is 362. The van der Waals surface area contributed by atoms with Crippen LogP contribution < -0.4 is 5.32 Å². The molecule has 1 rings (SSSR count). The van der Waals surface area contributed by atoms with E-state index in [0.29, 0.717) is 0 Å². The van der Waals surface area contributed by atoms with Gasteiger partial charge in [0.25, 0.3) is 0 Å². The maximum absolute atomic E-state index is 11.4. The van der Waals surface area contributed by atoms with Crippen molar-refractivity contribution in [2.24, 2.45) is 0 Å². The first-order chi connectivity index (χ1) is 7.50. The fourth-order valence-corrected chi connectivity index (χ4v) is 1.07. The summed E-state index contributed by atoms with van der Waals surface area (Å²) in [6, 6.07) is -1.32. The lowest BCUT2D eigenvalue weighted by Crippen LogP contribution is -2.48. The van der Waals surface area contributed by atoms with Crippen molar-refractivity contribution < 1.29 is 19.8 Å².